The standard InChI is InChI=1S/C16H17N3O5/c1-18-15(21)11-5-3-2-4-10(11)12(17-18)8-14(20)19-6-7-24-9-13(19)16(22)23/h2-5,13H,6-9H2,1H3,(H,22,23)/t13-/m0/s1. The second-order valence-corrected chi connectivity index (χ2v) is 5.61. The minimum Gasteiger partial charge on any atom is -0.480 e. The Morgan fingerprint density at radius 3 is 2.75 bits per heavy atom. The van der Waals surface area contributed by atoms with Gasteiger partial charge in [0, 0.05) is 19.0 Å². The molecule has 24 heavy (non-hydrogen) atoms. The molecule has 2 heterocycles. The molecule has 1 aliphatic rings. The number of carbonyl (C=O) groups is 2. The third-order valence-electron chi connectivity index (χ3n) is 4.09. The first kappa shape index (κ1) is 16.1. The maximum Gasteiger partial charge on any atom is 0.328 e. The van der Waals surface area contributed by atoms with Crippen LogP contribution in [0.4, 0.5) is 0 Å². The molecule has 0 radical (unpaired) electrons. The van der Waals surface area contributed by atoms with Gasteiger partial charge >= 0.3 is 5.97 Å². The number of carbonyl (C=O) groups excluding carboxylic acids is 1. The number of morpholine rings is 1. The van der Waals surface area contributed by atoms with Crippen molar-refractivity contribution in [1.82, 2.24) is 14.7 Å². The zero-order chi connectivity index (χ0) is 17.3. The Kier molecular flexibility index (Phi) is 4.30. The lowest BCUT2D eigenvalue weighted by Crippen LogP contribution is -2.53. The van der Waals surface area contributed by atoms with Crippen LogP contribution in [0.5, 0.6) is 0 Å². The van der Waals surface area contributed by atoms with Gasteiger partial charge in [0.2, 0.25) is 5.91 Å². The molecule has 2 aromatic rings. The molecule has 8 heteroatoms. The number of nitrogens with zero attached hydrogens (tertiary/aromatic N) is 3. The number of amides is 1. The second kappa shape index (κ2) is 6.40. The van der Waals surface area contributed by atoms with Gasteiger partial charge in [0.15, 0.2) is 6.04 Å². The summed E-state index contributed by atoms with van der Waals surface area (Å²) >= 11 is 0. The average Bonchev–Trinajstić information content (AvgIpc) is 2.59. The molecule has 0 saturated carbocycles. The minimum atomic E-state index is -1.10. The molecule has 0 bridgehead atoms. The monoisotopic (exact) mass is 331 g/mol. The van der Waals surface area contributed by atoms with Crippen LogP contribution in [0.15, 0.2) is 29.1 Å². The lowest BCUT2D eigenvalue weighted by Gasteiger charge is -2.32. The molecule has 3 rings (SSSR count). The van der Waals surface area contributed by atoms with Crippen LogP contribution in [0.3, 0.4) is 0 Å². The van der Waals surface area contributed by atoms with Crippen molar-refractivity contribution in [1.29, 1.82) is 0 Å². The molecular formula is C16H17N3O5. The van der Waals surface area contributed by atoms with Gasteiger partial charge in [0.05, 0.1) is 30.7 Å². The van der Waals surface area contributed by atoms with Gasteiger partial charge < -0.3 is 14.7 Å². The molecular weight excluding hydrogens is 314 g/mol. The summed E-state index contributed by atoms with van der Waals surface area (Å²) in [7, 11) is 1.53. The lowest BCUT2D eigenvalue weighted by atomic mass is 10.1. The Morgan fingerprint density at radius 1 is 1.33 bits per heavy atom. The van der Waals surface area contributed by atoms with E-state index < -0.39 is 12.0 Å². The Labute approximate surface area is 137 Å². The van der Waals surface area contributed by atoms with Crippen molar-refractivity contribution in [3.05, 3.63) is 40.3 Å². The molecule has 1 saturated heterocycles. The normalized spacial score (nSPS) is 17.9. The molecule has 1 aromatic carbocycles. The first-order valence-electron chi connectivity index (χ1n) is 7.54. The average molecular weight is 331 g/mol. The highest BCUT2D eigenvalue weighted by atomic mass is 16.5. The second-order valence-electron chi connectivity index (χ2n) is 5.61. The third-order valence-corrected chi connectivity index (χ3v) is 4.09. The van der Waals surface area contributed by atoms with E-state index in [1.54, 1.807) is 24.3 Å². The van der Waals surface area contributed by atoms with E-state index in [1.807, 2.05) is 0 Å². The maximum absolute atomic E-state index is 12.6. The molecule has 0 unspecified atom stereocenters. The molecule has 0 aliphatic carbocycles. The number of rotatable bonds is 3. The summed E-state index contributed by atoms with van der Waals surface area (Å²) in [6, 6.07) is 5.94. The molecule has 1 aliphatic heterocycles. The smallest absolute Gasteiger partial charge is 0.328 e. The highest BCUT2D eigenvalue weighted by Gasteiger charge is 2.33. The van der Waals surface area contributed by atoms with Crippen LogP contribution in [0.2, 0.25) is 0 Å². The summed E-state index contributed by atoms with van der Waals surface area (Å²) in [6.07, 6.45) is -0.0710. The van der Waals surface area contributed by atoms with Crippen LogP contribution in [0.1, 0.15) is 5.69 Å². The topological polar surface area (TPSA) is 102 Å². The van der Waals surface area contributed by atoms with Gasteiger partial charge in [-0.1, -0.05) is 18.2 Å². The minimum absolute atomic E-state index is 0.0253. The van der Waals surface area contributed by atoms with E-state index in [2.05, 4.69) is 5.10 Å². The highest BCUT2D eigenvalue weighted by Crippen LogP contribution is 2.16. The summed E-state index contributed by atoms with van der Waals surface area (Å²) in [5.41, 5.74) is 0.213. The van der Waals surface area contributed by atoms with E-state index in [-0.39, 0.29) is 31.0 Å². The van der Waals surface area contributed by atoms with Crippen molar-refractivity contribution in [3.8, 4) is 0 Å². The van der Waals surface area contributed by atoms with E-state index in [1.165, 1.54) is 16.6 Å². The van der Waals surface area contributed by atoms with Gasteiger partial charge in [-0.25, -0.2) is 9.48 Å². The zero-order valence-corrected chi connectivity index (χ0v) is 13.1. The summed E-state index contributed by atoms with van der Waals surface area (Å²) in [5.74, 6) is -1.44. The Morgan fingerprint density at radius 2 is 2.04 bits per heavy atom. The number of aromatic nitrogens is 2. The molecule has 1 N–H and O–H groups in total. The van der Waals surface area contributed by atoms with E-state index in [0.29, 0.717) is 23.1 Å². The molecule has 1 amide bonds. The van der Waals surface area contributed by atoms with Crippen molar-refractivity contribution in [2.24, 2.45) is 7.05 Å². The largest absolute Gasteiger partial charge is 0.480 e. The first-order valence-corrected chi connectivity index (χ1v) is 7.54. The molecule has 1 fully saturated rings. The Balaban J connectivity index is 1.95. The number of hydrogen-bond acceptors (Lipinski definition) is 5. The Hall–Kier alpha value is -2.74. The fourth-order valence-corrected chi connectivity index (χ4v) is 2.86. The van der Waals surface area contributed by atoms with Crippen LogP contribution >= 0.6 is 0 Å². The van der Waals surface area contributed by atoms with Gasteiger partial charge in [-0.3, -0.25) is 9.59 Å². The molecule has 1 aromatic heterocycles. The highest BCUT2D eigenvalue weighted by molar-refractivity contribution is 5.90. The van der Waals surface area contributed by atoms with E-state index >= 15 is 0 Å². The molecule has 126 valence electrons. The summed E-state index contributed by atoms with van der Waals surface area (Å²) in [6.45, 7) is 0.499. The van der Waals surface area contributed by atoms with Crippen LogP contribution in [0.25, 0.3) is 10.8 Å². The molecule has 1 atom stereocenters. The van der Waals surface area contributed by atoms with Crippen LogP contribution in [-0.2, 0) is 27.8 Å². The summed E-state index contributed by atoms with van der Waals surface area (Å²) in [5, 5.41) is 14.5. The number of aryl methyl sites for hydroxylation is 1. The van der Waals surface area contributed by atoms with Crippen LogP contribution in [-0.4, -0.2) is 57.5 Å². The first-order chi connectivity index (χ1) is 11.5. The maximum atomic E-state index is 12.6. The zero-order valence-electron chi connectivity index (χ0n) is 13.1. The van der Waals surface area contributed by atoms with Gasteiger partial charge in [-0.15, -0.1) is 0 Å². The van der Waals surface area contributed by atoms with Crippen molar-refractivity contribution < 1.29 is 19.4 Å². The van der Waals surface area contributed by atoms with Gasteiger partial charge in [0.25, 0.3) is 5.56 Å². The molecule has 0 spiro atoms. The van der Waals surface area contributed by atoms with Crippen molar-refractivity contribution in [3.63, 3.8) is 0 Å². The van der Waals surface area contributed by atoms with Crippen LogP contribution in [0, 0.1) is 0 Å². The molecule has 8 nitrogen and oxygen atoms in total. The van der Waals surface area contributed by atoms with Gasteiger partial charge in [0.1, 0.15) is 0 Å². The lowest BCUT2D eigenvalue weighted by molar-refractivity contribution is -0.158. The quantitative estimate of drug-likeness (QED) is 0.835. The summed E-state index contributed by atoms with van der Waals surface area (Å²) < 4.78 is 6.34. The fraction of sp³-hybridized carbons (Fsp3) is 0.375. The number of hydrogen-bond donors (Lipinski definition) is 1. The number of aliphatic carboxylic acids is 1. The van der Waals surface area contributed by atoms with Crippen molar-refractivity contribution in [2.45, 2.75) is 12.5 Å². The van der Waals surface area contributed by atoms with Crippen molar-refractivity contribution >= 4 is 22.6 Å². The van der Waals surface area contributed by atoms with E-state index in [0.717, 1.165) is 0 Å². The summed E-state index contributed by atoms with van der Waals surface area (Å²) in [4.78, 5) is 37.3. The SMILES string of the molecule is Cn1nc(CC(=O)N2CCOC[C@H]2C(=O)O)c2ccccc2c1=O. The fourth-order valence-electron chi connectivity index (χ4n) is 2.86. The number of carboxylic acid groups (broad SMARTS) is 1. The number of carboxylic acids is 1. The number of ether oxygens (including phenoxy) is 1. The predicted octanol–water partition coefficient (Wildman–Crippen LogP) is -0.212. The van der Waals surface area contributed by atoms with Crippen LogP contribution < -0.4 is 5.56 Å². The van der Waals surface area contributed by atoms with E-state index in [9.17, 15) is 19.5 Å². The number of benzene rings is 1. The predicted molar refractivity (Wildman–Crippen MR) is 84.6 cm³/mol. The number of fused-ring (bicyclic) bond motifs is 1. The Bertz CT molecular complexity index is 860. The third kappa shape index (κ3) is 2.88. The van der Waals surface area contributed by atoms with Gasteiger partial charge in [-0.2, -0.15) is 5.10 Å². The van der Waals surface area contributed by atoms with Crippen molar-refractivity contribution in [2.75, 3.05) is 19.8 Å². The van der Waals surface area contributed by atoms with E-state index in [4.69, 9.17) is 4.74 Å². The van der Waals surface area contributed by atoms with Gasteiger partial charge in [-0.05, 0) is 6.07 Å².